The molecule has 0 fully saturated rings. The van der Waals surface area contributed by atoms with Gasteiger partial charge in [-0.15, -0.1) is 0 Å². The average molecular weight is 672 g/mol. The summed E-state index contributed by atoms with van der Waals surface area (Å²) >= 11 is -0.836. The molecule has 2 aliphatic rings. The molecular formula is C25H26I2Zr. The minimum atomic E-state index is -0.836. The van der Waals surface area contributed by atoms with E-state index in [2.05, 4.69) is 95.3 Å². The molecule has 0 saturated carbocycles. The number of allylic oxidation sites excluding steroid dienone is 5. The molecule has 2 aliphatic carbocycles. The molecule has 144 valence electrons. The van der Waals surface area contributed by atoms with Crippen molar-refractivity contribution in [3.8, 4) is 0 Å². The second-order valence-corrected chi connectivity index (χ2v) is 12.4. The Labute approximate surface area is 215 Å². The van der Waals surface area contributed by atoms with Crippen LogP contribution in [-0.2, 0) is 23.2 Å². The number of fused-ring (bicyclic) bond motifs is 1. The number of hydrogen-bond acceptors (Lipinski definition) is 0. The molecule has 1 unspecified atom stereocenters. The summed E-state index contributed by atoms with van der Waals surface area (Å²) in [6, 6.07) is 20.1. The van der Waals surface area contributed by atoms with Crippen molar-refractivity contribution in [2.45, 2.75) is 41.4 Å². The van der Waals surface area contributed by atoms with Gasteiger partial charge >= 0.3 is 170 Å². The summed E-state index contributed by atoms with van der Waals surface area (Å²) in [5, 5.41) is 0. The van der Waals surface area contributed by atoms with Gasteiger partial charge in [0.05, 0.1) is 0 Å². The van der Waals surface area contributed by atoms with Gasteiger partial charge in [-0.1, -0.05) is 0 Å². The van der Waals surface area contributed by atoms with E-state index in [-0.39, 0.29) is 48.0 Å². The molecule has 1 atom stereocenters. The van der Waals surface area contributed by atoms with Crippen molar-refractivity contribution in [2.75, 3.05) is 0 Å². The first-order chi connectivity index (χ1) is 12.4. The molecule has 0 amide bonds. The zero-order chi connectivity index (χ0) is 18.5. The number of rotatable bonds is 3. The zero-order valence-electron chi connectivity index (χ0n) is 17.1. The third kappa shape index (κ3) is 3.97. The van der Waals surface area contributed by atoms with E-state index >= 15 is 0 Å². The van der Waals surface area contributed by atoms with E-state index in [1.807, 2.05) is 0 Å². The van der Waals surface area contributed by atoms with Crippen LogP contribution in [0.1, 0.15) is 54.9 Å². The molecule has 0 nitrogen and oxygen atoms in total. The van der Waals surface area contributed by atoms with Gasteiger partial charge in [0.1, 0.15) is 0 Å². The van der Waals surface area contributed by atoms with Crippen LogP contribution in [0.25, 0.3) is 11.6 Å². The molecule has 2 aromatic rings. The number of hydrogen-bond donors (Lipinski definition) is 0. The van der Waals surface area contributed by atoms with Crippen molar-refractivity contribution in [1.29, 1.82) is 0 Å². The summed E-state index contributed by atoms with van der Waals surface area (Å²) in [5.41, 5.74) is 12.2. The quantitative estimate of drug-likeness (QED) is 0.432. The summed E-state index contributed by atoms with van der Waals surface area (Å²) in [4.78, 5) is 0. The fraction of sp³-hybridized carbons (Fsp3) is 0.280. The van der Waals surface area contributed by atoms with Crippen LogP contribution < -0.4 is 48.0 Å². The van der Waals surface area contributed by atoms with E-state index in [1.54, 1.807) is 22.3 Å². The van der Waals surface area contributed by atoms with Crippen molar-refractivity contribution in [1.82, 2.24) is 0 Å². The van der Waals surface area contributed by atoms with Gasteiger partial charge in [0.2, 0.25) is 0 Å². The summed E-state index contributed by atoms with van der Waals surface area (Å²) in [7, 11) is 0. The summed E-state index contributed by atoms with van der Waals surface area (Å²) in [5.74, 6) is 0. The summed E-state index contributed by atoms with van der Waals surface area (Å²) in [6.07, 6.45) is 2.45. The molecule has 28 heavy (non-hydrogen) atoms. The van der Waals surface area contributed by atoms with Crippen molar-refractivity contribution >= 4 is 11.6 Å². The van der Waals surface area contributed by atoms with Crippen molar-refractivity contribution in [2.24, 2.45) is 0 Å². The van der Waals surface area contributed by atoms with Crippen molar-refractivity contribution in [3.63, 3.8) is 0 Å². The zero-order valence-corrected chi connectivity index (χ0v) is 23.9. The van der Waals surface area contributed by atoms with E-state index in [1.165, 1.54) is 22.3 Å². The van der Waals surface area contributed by atoms with Gasteiger partial charge in [0, 0.05) is 0 Å². The first kappa shape index (κ1) is 24.3. The van der Waals surface area contributed by atoms with Crippen molar-refractivity contribution in [3.05, 3.63) is 93.6 Å². The standard InChI is InChI=1S/C15H11.C10H15.2HI.Zr/c1-2-6-12(7-3-1)15-10-13-8-4-5-9-14(13)11-15;1-6-7(2)9(4)10(5)8(6)3;;;/h1-11H;1-5H3;2*1H;/q;;;;+2/p-2. The van der Waals surface area contributed by atoms with Gasteiger partial charge in [-0.25, -0.2) is 0 Å². The molecular weight excluding hydrogens is 645 g/mol. The van der Waals surface area contributed by atoms with Gasteiger partial charge in [0.15, 0.2) is 0 Å². The van der Waals surface area contributed by atoms with Gasteiger partial charge in [-0.3, -0.25) is 0 Å². The van der Waals surface area contributed by atoms with E-state index in [0.29, 0.717) is 6.75 Å². The normalized spacial score (nSPS) is 19.5. The Morgan fingerprint density at radius 3 is 1.89 bits per heavy atom. The van der Waals surface area contributed by atoms with Gasteiger partial charge < -0.3 is 48.0 Å². The number of halogens is 2. The first-order valence-corrected chi connectivity index (χ1v) is 12.1. The SMILES string of the molecule is CC1=C(C)[C](C)([Zr+2][CH]2C(c3ccccc3)=Cc3ccccc32)C(C)=C1C.[I-].[I-]. The Morgan fingerprint density at radius 1 is 0.750 bits per heavy atom. The molecule has 0 saturated heterocycles. The third-order valence-electron chi connectivity index (χ3n) is 6.66. The van der Waals surface area contributed by atoms with Gasteiger partial charge in [-0.2, -0.15) is 0 Å². The third-order valence-corrected chi connectivity index (χ3v) is 12.2. The minimum Gasteiger partial charge on any atom is -1.00 e. The van der Waals surface area contributed by atoms with Crippen LogP contribution in [0.3, 0.4) is 0 Å². The predicted octanol–water partition coefficient (Wildman–Crippen LogP) is 1.24. The fourth-order valence-electron chi connectivity index (χ4n) is 4.46. The molecule has 4 rings (SSSR count). The maximum absolute atomic E-state index is 2.52. The smallest absolute Gasteiger partial charge is 1.00 e. The Balaban J connectivity index is 0.00000140. The van der Waals surface area contributed by atoms with Crippen LogP contribution >= 0.6 is 0 Å². The van der Waals surface area contributed by atoms with E-state index in [9.17, 15) is 0 Å². The molecule has 0 heterocycles. The van der Waals surface area contributed by atoms with Gasteiger partial charge in [0.25, 0.3) is 0 Å². The Bertz CT molecular complexity index is 943. The van der Waals surface area contributed by atoms with Crippen LogP contribution in [0.4, 0.5) is 0 Å². The topological polar surface area (TPSA) is 0 Å². The summed E-state index contributed by atoms with van der Waals surface area (Å²) in [6.45, 7) is 11.9. The molecule has 0 spiro atoms. The Hall–Kier alpha value is 0.00312. The molecule has 0 aliphatic heterocycles. The molecule has 0 N–H and O–H groups in total. The van der Waals surface area contributed by atoms with Crippen LogP contribution in [0.15, 0.2) is 76.9 Å². The molecule has 3 heteroatoms. The van der Waals surface area contributed by atoms with Crippen LogP contribution in [-0.4, -0.2) is 0 Å². The average Bonchev–Trinajstić information content (AvgIpc) is 3.10. The van der Waals surface area contributed by atoms with Crippen LogP contribution in [0, 0.1) is 0 Å². The van der Waals surface area contributed by atoms with Gasteiger partial charge in [-0.05, 0) is 0 Å². The van der Waals surface area contributed by atoms with Crippen LogP contribution in [0.5, 0.6) is 0 Å². The largest absolute Gasteiger partial charge is 1.00 e. The molecule has 0 bridgehead atoms. The second kappa shape index (κ2) is 9.43. The Morgan fingerprint density at radius 2 is 1.29 bits per heavy atom. The number of benzene rings is 2. The van der Waals surface area contributed by atoms with Crippen molar-refractivity contribution < 1.29 is 71.2 Å². The monoisotopic (exact) mass is 670 g/mol. The molecule has 2 aromatic carbocycles. The fourth-order valence-corrected chi connectivity index (χ4v) is 9.89. The Kier molecular flexibility index (Phi) is 8.17. The molecule has 0 aromatic heterocycles. The van der Waals surface area contributed by atoms with Crippen LogP contribution in [0.2, 0.25) is 3.12 Å². The van der Waals surface area contributed by atoms with E-state index in [4.69, 9.17) is 0 Å². The predicted molar refractivity (Wildman–Crippen MR) is 109 cm³/mol. The van der Waals surface area contributed by atoms with E-state index in [0.717, 1.165) is 0 Å². The maximum atomic E-state index is 2.52. The first-order valence-electron chi connectivity index (χ1n) is 9.43. The molecule has 0 radical (unpaired) electrons. The minimum absolute atomic E-state index is 0. The summed E-state index contributed by atoms with van der Waals surface area (Å²) < 4.78 is 0.929. The second-order valence-electron chi connectivity index (χ2n) is 7.80. The van der Waals surface area contributed by atoms with E-state index < -0.39 is 23.2 Å². The maximum Gasteiger partial charge on any atom is -1.00 e.